The first-order valence-electron chi connectivity index (χ1n) is 10.7. The first-order chi connectivity index (χ1) is 13.5. The van der Waals surface area contributed by atoms with Crippen LogP contribution in [0.5, 0.6) is 0 Å². The van der Waals surface area contributed by atoms with E-state index in [1.807, 2.05) is 0 Å². The van der Waals surface area contributed by atoms with Gasteiger partial charge in [0.05, 0.1) is 5.54 Å². The Labute approximate surface area is 178 Å². The van der Waals surface area contributed by atoms with Crippen molar-refractivity contribution in [1.82, 2.24) is 0 Å². The molecule has 5 rings (SSSR count). The molecule has 1 aliphatic heterocycles. The number of halogens is 2. The van der Waals surface area contributed by atoms with Gasteiger partial charge in [-0.25, -0.2) is 0 Å². The van der Waals surface area contributed by atoms with Crippen molar-refractivity contribution < 1.29 is 0 Å². The van der Waals surface area contributed by atoms with Crippen molar-refractivity contribution in [1.29, 1.82) is 0 Å². The van der Waals surface area contributed by atoms with Crippen molar-refractivity contribution in [2.24, 2.45) is 5.92 Å². The van der Waals surface area contributed by atoms with E-state index in [0.29, 0.717) is 5.92 Å². The van der Waals surface area contributed by atoms with Crippen LogP contribution in [0.15, 0.2) is 30.3 Å². The summed E-state index contributed by atoms with van der Waals surface area (Å²) in [7, 11) is 0. The van der Waals surface area contributed by atoms with E-state index in [-0.39, 0.29) is 11.1 Å². The third-order valence-electron chi connectivity index (χ3n) is 7.57. The first-order valence-corrected chi connectivity index (χ1v) is 11.4. The van der Waals surface area contributed by atoms with Crippen LogP contribution in [0, 0.1) is 5.92 Å². The maximum atomic E-state index is 6.60. The lowest BCUT2D eigenvalue weighted by molar-refractivity contribution is 0.0196. The van der Waals surface area contributed by atoms with E-state index in [9.17, 15) is 0 Å². The average Bonchev–Trinajstić information content (AvgIpc) is 2.63. The molecule has 4 heteroatoms. The van der Waals surface area contributed by atoms with E-state index in [1.165, 1.54) is 48.1 Å². The lowest BCUT2D eigenvalue weighted by atomic mass is 9.48. The van der Waals surface area contributed by atoms with Gasteiger partial charge in [0.2, 0.25) is 0 Å². The normalized spacial score (nSPS) is 26.5. The van der Waals surface area contributed by atoms with Crippen LogP contribution in [0.25, 0.3) is 0 Å². The van der Waals surface area contributed by atoms with Gasteiger partial charge in [-0.2, -0.15) is 0 Å². The Morgan fingerprint density at radius 3 is 2.32 bits per heavy atom. The fourth-order valence-electron chi connectivity index (χ4n) is 5.78. The monoisotopic (exact) mass is 414 g/mol. The highest BCUT2D eigenvalue weighted by Crippen LogP contribution is 2.64. The van der Waals surface area contributed by atoms with Crippen LogP contribution in [0.1, 0.15) is 62.6 Å². The lowest BCUT2D eigenvalue weighted by Gasteiger charge is -2.66. The van der Waals surface area contributed by atoms with E-state index >= 15 is 0 Å². The number of nitrogens with one attached hydrogen (secondary N) is 2. The van der Waals surface area contributed by atoms with Gasteiger partial charge < -0.3 is 10.6 Å². The lowest BCUT2D eigenvalue weighted by Crippen LogP contribution is -2.68. The molecule has 2 N–H and O–H groups in total. The largest absolute Gasteiger partial charge is 0.379 e. The standard InChI is InChI=1S/C24H28Cl2N2/c1-3-15-6-7-17(13-19(15)25)27-24-11-8-22(24)23(9-5-10-23)28-21-14-20(26)16(4-2)12-18(21)24/h6-7,12-14,22,27-28H,3-5,8-11H2,1-2H3. The molecule has 2 saturated carbocycles. The van der Waals surface area contributed by atoms with Gasteiger partial charge in [0.25, 0.3) is 0 Å². The van der Waals surface area contributed by atoms with Gasteiger partial charge in [0, 0.05) is 38.4 Å². The highest BCUT2D eigenvalue weighted by atomic mass is 35.5. The molecule has 2 aliphatic carbocycles. The fraction of sp³-hybridized carbons (Fsp3) is 0.500. The smallest absolute Gasteiger partial charge is 0.0695 e. The number of hydrogen-bond donors (Lipinski definition) is 2. The van der Waals surface area contributed by atoms with Crippen LogP contribution in [-0.2, 0) is 18.4 Å². The zero-order chi connectivity index (χ0) is 19.5. The number of hydrogen-bond acceptors (Lipinski definition) is 2. The zero-order valence-electron chi connectivity index (χ0n) is 16.7. The van der Waals surface area contributed by atoms with Gasteiger partial charge in [-0.05, 0) is 80.3 Å². The van der Waals surface area contributed by atoms with Gasteiger partial charge >= 0.3 is 0 Å². The van der Waals surface area contributed by atoms with E-state index in [4.69, 9.17) is 23.2 Å². The molecule has 0 aromatic heterocycles. The second kappa shape index (κ2) is 6.57. The molecule has 1 heterocycles. The summed E-state index contributed by atoms with van der Waals surface area (Å²) in [5, 5.41) is 9.63. The van der Waals surface area contributed by atoms with Gasteiger partial charge in [-0.3, -0.25) is 0 Å². The Hall–Kier alpha value is -1.38. The molecule has 28 heavy (non-hydrogen) atoms. The Bertz CT molecular complexity index is 934. The van der Waals surface area contributed by atoms with Crippen molar-refractivity contribution in [3.63, 3.8) is 0 Å². The van der Waals surface area contributed by atoms with E-state index in [1.54, 1.807) is 0 Å². The van der Waals surface area contributed by atoms with Crippen LogP contribution < -0.4 is 10.6 Å². The maximum absolute atomic E-state index is 6.60. The zero-order valence-corrected chi connectivity index (χ0v) is 18.2. The topological polar surface area (TPSA) is 24.1 Å². The quantitative estimate of drug-likeness (QED) is 0.553. The Balaban J connectivity index is 1.62. The molecule has 1 spiro atoms. The van der Waals surface area contributed by atoms with Crippen LogP contribution in [-0.4, -0.2) is 5.54 Å². The summed E-state index contributed by atoms with van der Waals surface area (Å²) in [6.45, 7) is 4.33. The highest BCUT2D eigenvalue weighted by molar-refractivity contribution is 6.32. The molecular formula is C24H28Cl2N2. The molecule has 2 fully saturated rings. The van der Waals surface area contributed by atoms with E-state index in [2.05, 4.69) is 54.8 Å². The molecule has 2 unspecified atom stereocenters. The van der Waals surface area contributed by atoms with Gasteiger partial charge in [-0.15, -0.1) is 0 Å². The van der Waals surface area contributed by atoms with Gasteiger partial charge in [-0.1, -0.05) is 43.1 Å². The SMILES string of the molecule is CCc1ccc(NC23CCC2C2(CCC2)Nc2cc(Cl)c(CC)cc23)cc1Cl. The summed E-state index contributed by atoms with van der Waals surface area (Å²) >= 11 is 13.1. The molecule has 0 saturated heterocycles. The molecule has 0 amide bonds. The van der Waals surface area contributed by atoms with Crippen molar-refractivity contribution >= 4 is 34.6 Å². The summed E-state index contributed by atoms with van der Waals surface area (Å²) in [6, 6.07) is 11.0. The van der Waals surface area contributed by atoms with Crippen LogP contribution in [0.2, 0.25) is 10.0 Å². The third-order valence-corrected chi connectivity index (χ3v) is 8.27. The van der Waals surface area contributed by atoms with Crippen molar-refractivity contribution in [2.45, 2.75) is 69.9 Å². The summed E-state index contributed by atoms with van der Waals surface area (Å²) in [5.74, 6) is 0.608. The van der Waals surface area contributed by atoms with Crippen LogP contribution >= 0.6 is 23.2 Å². The van der Waals surface area contributed by atoms with Crippen molar-refractivity contribution in [3.05, 3.63) is 57.1 Å². The number of rotatable bonds is 4. The molecule has 2 aromatic rings. The summed E-state index contributed by atoms with van der Waals surface area (Å²) < 4.78 is 0. The number of anilines is 2. The minimum absolute atomic E-state index is 0.0213. The van der Waals surface area contributed by atoms with Gasteiger partial charge in [0.1, 0.15) is 0 Å². The summed E-state index contributed by atoms with van der Waals surface area (Å²) in [6.07, 6.45) is 8.16. The molecule has 2 nitrogen and oxygen atoms in total. The Morgan fingerprint density at radius 2 is 1.75 bits per heavy atom. The Morgan fingerprint density at radius 1 is 1.00 bits per heavy atom. The highest BCUT2D eigenvalue weighted by Gasteiger charge is 2.63. The summed E-state index contributed by atoms with van der Waals surface area (Å²) in [4.78, 5) is 0. The minimum Gasteiger partial charge on any atom is -0.379 e. The van der Waals surface area contributed by atoms with Crippen molar-refractivity contribution in [3.8, 4) is 0 Å². The molecule has 148 valence electrons. The molecule has 0 radical (unpaired) electrons. The van der Waals surface area contributed by atoms with E-state index in [0.717, 1.165) is 35.0 Å². The second-order valence-electron chi connectivity index (χ2n) is 8.82. The molecule has 3 aliphatic rings. The van der Waals surface area contributed by atoms with Crippen LogP contribution in [0.3, 0.4) is 0 Å². The predicted molar refractivity (Wildman–Crippen MR) is 120 cm³/mol. The molecule has 2 atom stereocenters. The molecule has 2 aromatic carbocycles. The fourth-order valence-corrected chi connectivity index (χ4v) is 6.39. The first kappa shape index (κ1) is 18.6. The van der Waals surface area contributed by atoms with Crippen molar-refractivity contribution in [2.75, 3.05) is 10.6 Å². The number of aryl methyl sites for hydroxylation is 2. The average molecular weight is 415 g/mol. The van der Waals surface area contributed by atoms with E-state index < -0.39 is 0 Å². The number of fused-ring (bicyclic) bond motifs is 4. The number of benzene rings is 2. The maximum Gasteiger partial charge on any atom is 0.0695 e. The predicted octanol–water partition coefficient (Wildman–Crippen LogP) is 7.18. The van der Waals surface area contributed by atoms with Crippen LogP contribution in [0.4, 0.5) is 11.4 Å². The molecular weight excluding hydrogens is 387 g/mol. The third kappa shape index (κ3) is 2.53. The summed E-state index contributed by atoms with van der Waals surface area (Å²) in [5.41, 5.74) is 6.38. The Kier molecular flexibility index (Phi) is 4.37. The second-order valence-corrected chi connectivity index (χ2v) is 9.64. The van der Waals surface area contributed by atoms with Gasteiger partial charge in [0.15, 0.2) is 0 Å². The minimum atomic E-state index is -0.0213. The molecule has 0 bridgehead atoms.